The Morgan fingerprint density at radius 3 is 2.20 bits per heavy atom. The summed E-state index contributed by atoms with van der Waals surface area (Å²) in [5.41, 5.74) is 2.30. The lowest BCUT2D eigenvalue weighted by Crippen LogP contribution is -2.32. The Labute approximate surface area is 235 Å². The minimum atomic E-state index is -3.49. The SMILES string of the molecule is COc1ccc(CN2C(O)CN(Cc3ccc(C(=O)OCc4ccc(S(C)(=O)=O)cc4)cc3)S2(O)O)c(OC)c1. The molecule has 0 spiro atoms. The van der Waals surface area contributed by atoms with Crippen LogP contribution in [0.1, 0.15) is 27.0 Å². The molecule has 3 N–H and O–H groups in total. The van der Waals surface area contributed by atoms with E-state index in [9.17, 15) is 27.4 Å². The van der Waals surface area contributed by atoms with Gasteiger partial charge in [-0.05, 0) is 41.5 Å². The standard InChI is InChI=1S/C27H32N2O9S2/c1-36-23-11-10-22(25(14-23)37-2)16-29-26(30)17-28(40(29,34)35)15-19-4-8-21(9-5-19)27(31)38-18-20-6-12-24(13-7-20)39(3,32)33/h4-14,26,30,34-35H,15-18H2,1-3H3. The van der Waals surface area contributed by atoms with Crippen LogP contribution in [-0.2, 0) is 34.3 Å². The number of carbonyl (C=O) groups is 1. The zero-order valence-corrected chi connectivity index (χ0v) is 23.9. The van der Waals surface area contributed by atoms with E-state index < -0.39 is 33.0 Å². The third-order valence-corrected chi connectivity index (χ3v) is 9.55. The fourth-order valence-corrected chi connectivity index (χ4v) is 6.48. The molecule has 0 radical (unpaired) electrons. The number of aliphatic hydroxyl groups is 1. The highest BCUT2D eigenvalue weighted by atomic mass is 32.3. The molecule has 1 atom stereocenters. The molecule has 0 bridgehead atoms. The fraction of sp³-hybridized carbons (Fsp3) is 0.296. The van der Waals surface area contributed by atoms with Gasteiger partial charge in [0.1, 0.15) is 24.3 Å². The number of benzene rings is 3. The zero-order valence-electron chi connectivity index (χ0n) is 22.3. The smallest absolute Gasteiger partial charge is 0.338 e. The van der Waals surface area contributed by atoms with E-state index in [1.165, 1.54) is 35.0 Å². The second kappa shape index (κ2) is 12.1. The first kappa shape index (κ1) is 29.8. The van der Waals surface area contributed by atoms with E-state index in [2.05, 4.69) is 0 Å². The van der Waals surface area contributed by atoms with Gasteiger partial charge in [-0.15, -0.1) is 0 Å². The third kappa shape index (κ3) is 6.75. The highest BCUT2D eigenvalue weighted by molar-refractivity contribution is 8.20. The predicted molar refractivity (Wildman–Crippen MR) is 149 cm³/mol. The van der Waals surface area contributed by atoms with Crippen LogP contribution in [0.4, 0.5) is 0 Å². The molecule has 0 saturated carbocycles. The molecule has 1 aliphatic rings. The molecule has 0 aromatic heterocycles. The van der Waals surface area contributed by atoms with Crippen molar-refractivity contribution >= 4 is 26.8 Å². The molecule has 1 aliphatic heterocycles. The van der Waals surface area contributed by atoms with Crippen LogP contribution >= 0.6 is 11.0 Å². The summed E-state index contributed by atoms with van der Waals surface area (Å²) in [6.07, 6.45) is -0.00629. The molecule has 3 aromatic rings. The maximum Gasteiger partial charge on any atom is 0.338 e. The number of sulfone groups is 1. The Kier molecular flexibility index (Phi) is 9.05. The molecule has 1 unspecified atom stereocenters. The highest BCUT2D eigenvalue weighted by Gasteiger charge is 2.43. The molecule has 11 nitrogen and oxygen atoms in total. The summed E-state index contributed by atoms with van der Waals surface area (Å²) < 4.78 is 63.7. The van der Waals surface area contributed by atoms with Crippen LogP contribution in [0.3, 0.4) is 0 Å². The van der Waals surface area contributed by atoms with Gasteiger partial charge < -0.3 is 19.3 Å². The van der Waals surface area contributed by atoms with Gasteiger partial charge >= 0.3 is 5.97 Å². The number of carbonyl (C=O) groups excluding carboxylic acids is 1. The Balaban J connectivity index is 1.37. The van der Waals surface area contributed by atoms with Crippen molar-refractivity contribution in [2.75, 3.05) is 27.0 Å². The van der Waals surface area contributed by atoms with Gasteiger partial charge in [-0.3, -0.25) is 9.11 Å². The molecule has 0 aliphatic carbocycles. The number of nitrogens with zero attached hydrogens (tertiary/aromatic N) is 2. The van der Waals surface area contributed by atoms with Crippen LogP contribution in [-0.4, -0.2) is 70.5 Å². The van der Waals surface area contributed by atoms with Crippen LogP contribution in [0.25, 0.3) is 0 Å². The molecule has 1 saturated heterocycles. The second-order valence-electron chi connectivity index (χ2n) is 9.24. The van der Waals surface area contributed by atoms with Gasteiger partial charge in [0.25, 0.3) is 0 Å². The molecule has 40 heavy (non-hydrogen) atoms. The van der Waals surface area contributed by atoms with Crippen LogP contribution in [0.15, 0.2) is 71.6 Å². The number of β-amino-alcohol motifs (C(OH)–C–C–N with tert-alkyl or cyclic N) is 1. The summed E-state index contributed by atoms with van der Waals surface area (Å²) in [5.74, 6) is 0.527. The van der Waals surface area contributed by atoms with Crippen molar-refractivity contribution in [3.05, 3.63) is 89.0 Å². The van der Waals surface area contributed by atoms with Crippen LogP contribution in [0.5, 0.6) is 11.5 Å². The average molecular weight is 593 g/mol. The van der Waals surface area contributed by atoms with Gasteiger partial charge in [-0.25, -0.2) is 13.2 Å². The van der Waals surface area contributed by atoms with Crippen LogP contribution in [0, 0.1) is 0 Å². The quantitative estimate of drug-likeness (QED) is 0.296. The summed E-state index contributed by atoms with van der Waals surface area (Å²) in [5, 5.41) is 10.7. The summed E-state index contributed by atoms with van der Waals surface area (Å²) in [4.78, 5) is 12.7. The molecule has 13 heteroatoms. The van der Waals surface area contributed by atoms with Crippen molar-refractivity contribution in [3.8, 4) is 11.5 Å². The number of esters is 1. The molecule has 3 aromatic carbocycles. The van der Waals surface area contributed by atoms with E-state index in [0.717, 1.165) is 6.26 Å². The fourth-order valence-electron chi connectivity index (χ4n) is 4.19. The minimum Gasteiger partial charge on any atom is -0.497 e. The first-order valence-electron chi connectivity index (χ1n) is 12.2. The van der Waals surface area contributed by atoms with Crippen molar-refractivity contribution in [1.82, 2.24) is 8.61 Å². The van der Waals surface area contributed by atoms with Gasteiger partial charge in [0.2, 0.25) is 0 Å². The molecule has 1 heterocycles. The highest BCUT2D eigenvalue weighted by Crippen LogP contribution is 2.54. The number of methoxy groups -OCH3 is 2. The monoisotopic (exact) mass is 592 g/mol. The Morgan fingerprint density at radius 1 is 0.950 bits per heavy atom. The molecule has 4 rings (SSSR count). The van der Waals surface area contributed by atoms with Gasteiger partial charge in [0, 0.05) is 24.4 Å². The summed E-state index contributed by atoms with van der Waals surface area (Å²) in [6.45, 7) is 0.140. The first-order valence-corrected chi connectivity index (χ1v) is 15.5. The lowest BCUT2D eigenvalue weighted by molar-refractivity contribution is 0.0472. The topological polar surface area (TPSA) is 146 Å². The Morgan fingerprint density at radius 2 is 1.60 bits per heavy atom. The number of ether oxygens (including phenoxy) is 3. The zero-order chi connectivity index (χ0) is 29.1. The van der Waals surface area contributed by atoms with Crippen molar-refractivity contribution in [1.29, 1.82) is 0 Å². The van der Waals surface area contributed by atoms with E-state index >= 15 is 0 Å². The lowest BCUT2D eigenvalue weighted by atomic mass is 10.1. The van der Waals surface area contributed by atoms with Crippen LogP contribution < -0.4 is 9.47 Å². The Bertz CT molecular complexity index is 1450. The van der Waals surface area contributed by atoms with Gasteiger partial charge in [-0.2, -0.15) is 8.61 Å². The maximum absolute atomic E-state index is 12.5. The van der Waals surface area contributed by atoms with E-state index in [1.807, 2.05) is 0 Å². The second-order valence-corrected chi connectivity index (χ2v) is 13.2. The molecular weight excluding hydrogens is 560 g/mol. The number of rotatable bonds is 10. The maximum atomic E-state index is 12.5. The normalized spacial score (nSPS) is 18.3. The molecule has 216 valence electrons. The average Bonchev–Trinajstić information content (AvgIpc) is 3.14. The van der Waals surface area contributed by atoms with Crippen molar-refractivity contribution in [2.24, 2.45) is 0 Å². The van der Waals surface area contributed by atoms with Crippen molar-refractivity contribution in [3.63, 3.8) is 0 Å². The third-order valence-electron chi connectivity index (χ3n) is 6.45. The molecule has 1 fully saturated rings. The van der Waals surface area contributed by atoms with Crippen LogP contribution in [0.2, 0.25) is 0 Å². The van der Waals surface area contributed by atoms with Crippen molar-refractivity contribution in [2.45, 2.75) is 30.8 Å². The minimum absolute atomic E-state index is 0.00270. The lowest BCUT2D eigenvalue weighted by Gasteiger charge is -2.42. The molecule has 0 amide bonds. The summed E-state index contributed by atoms with van der Waals surface area (Å²) in [6, 6.07) is 17.7. The number of hydrogen-bond acceptors (Lipinski definition) is 11. The molecular formula is C27H32N2O9S2. The number of hydrogen-bond donors (Lipinski definition) is 3. The Hall–Kier alpha value is -3.17. The van der Waals surface area contributed by atoms with Gasteiger partial charge in [0.05, 0.1) is 37.8 Å². The van der Waals surface area contributed by atoms with E-state index in [1.54, 1.807) is 54.6 Å². The van der Waals surface area contributed by atoms with E-state index in [4.69, 9.17) is 14.2 Å². The summed E-state index contributed by atoms with van der Waals surface area (Å²) in [7, 11) is -3.76. The largest absolute Gasteiger partial charge is 0.497 e. The van der Waals surface area contributed by atoms with Crippen molar-refractivity contribution < 1.29 is 41.6 Å². The van der Waals surface area contributed by atoms with E-state index in [-0.39, 0.29) is 31.1 Å². The number of aliphatic hydroxyl groups excluding tert-OH is 1. The summed E-state index contributed by atoms with van der Waals surface area (Å²) >= 11 is 0. The first-order chi connectivity index (χ1) is 18.9. The van der Waals surface area contributed by atoms with Gasteiger partial charge in [-0.1, -0.05) is 41.3 Å². The predicted octanol–water partition coefficient (Wildman–Crippen LogP) is 3.68. The van der Waals surface area contributed by atoms with E-state index in [0.29, 0.717) is 33.8 Å². The van der Waals surface area contributed by atoms with Gasteiger partial charge in [0.15, 0.2) is 9.84 Å².